The van der Waals surface area contributed by atoms with Gasteiger partial charge in [-0.15, -0.1) is 0 Å². The lowest BCUT2D eigenvalue weighted by molar-refractivity contribution is -0.151. The maximum Gasteiger partial charge on any atom is 0.331 e. The highest BCUT2D eigenvalue weighted by Crippen LogP contribution is 2.29. The largest absolute Gasteiger partial charge is 0.493 e. The van der Waals surface area contributed by atoms with Gasteiger partial charge >= 0.3 is 11.9 Å². The van der Waals surface area contributed by atoms with Crippen LogP contribution in [0.1, 0.15) is 36.3 Å². The fraction of sp³-hybridized carbons (Fsp3) is 0.440. The molecule has 1 saturated heterocycles. The van der Waals surface area contributed by atoms with E-state index in [0.717, 1.165) is 6.42 Å². The first kappa shape index (κ1) is 26.0. The Labute approximate surface area is 203 Å². The number of carbonyl (C=O) groups is 3. The van der Waals surface area contributed by atoms with E-state index in [1.807, 2.05) is 25.1 Å². The maximum absolute atomic E-state index is 13.0. The second-order valence-corrected chi connectivity index (χ2v) is 8.19. The number of hydrogen-bond donors (Lipinski definition) is 1. The van der Waals surface area contributed by atoms with Crippen molar-refractivity contribution in [3.05, 3.63) is 53.9 Å². The Balaban J connectivity index is 1.69. The Morgan fingerprint density at radius 1 is 1.17 bits per heavy atom. The minimum absolute atomic E-state index is 0.0256. The van der Waals surface area contributed by atoms with Crippen LogP contribution in [-0.2, 0) is 30.2 Å². The van der Waals surface area contributed by atoms with Crippen molar-refractivity contribution in [2.24, 2.45) is 5.92 Å². The monoisotopic (exact) mass is 486 g/mol. The predicted octanol–water partition coefficient (Wildman–Crippen LogP) is 2.30. The number of amides is 1. The van der Waals surface area contributed by atoms with E-state index in [2.05, 4.69) is 22.4 Å². The minimum atomic E-state index is -1.05. The molecule has 1 aliphatic heterocycles. The second-order valence-electron chi connectivity index (χ2n) is 8.19. The predicted molar refractivity (Wildman–Crippen MR) is 124 cm³/mol. The summed E-state index contributed by atoms with van der Waals surface area (Å²) in [5, 5.41) is 2.61. The van der Waals surface area contributed by atoms with Crippen LogP contribution in [0.2, 0.25) is 0 Å². The van der Waals surface area contributed by atoms with Gasteiger partial charge in [0.15, 0.2) is 23.2 Å². The SMILES string of the molecule is COc1ccnc(C(=O)N[C@H]2COCC(Cc3ccccc3)CC(C)OC2=O)c1OCOC(C)=O. The highest BCUT2D eigenvalue weighted by Gasteiger charge is 2.30. The molecule has 2 unspecified atom stereocenters. The Bertz CT molecular complexity index is 1010. The van der Waals surface area contributed by atoms with Crippen molar-refractivity contribution in [2.45, 2.75) is 38.8 Å². The molecule has 1 aliphatic rings. The quantitative estimate of drug-likeness (QED) is 0.442. The molecule has 2 heterocycles. The summed E-state index contributed by atoms with van der Waals surface area (Å²) in [6.45, 7) is 2.97. The highest BCUT2D eigenvalue weighted by atomic mass is 16.7. The zero-order chi connectivity index (χ0) is 25.2. The second kappa shape index (κ2) is 12.7. The third-order valence-electron chi connectivity index (χ3n) is 5.35. The molecule has 35 heavy (non-hydrogen) atoms. The molecule has 1 aromatic heterocycles. The summed E-state index contributed by atoms with van der Waals surface area (Å²) in [5.41, 5.74) is 1.04. The molecular weight excluding hydrogens is 456 g/mol. The number of nitrogens with zero attached hydrogens (tertiary/aromatic N) is 1. The lowest BCUT2D eigenvalue weighted by Gasteiger charge is -2.20. The van der Waals surface area contributed by atoms with Crippen molar-refractivity contribution >= 4 is 17.8 Å². The molecule has 1 amide bonds. The molecule has 1 aromatic carbocycles. The molecule has 2 aromatic rings. The number of esters is 2. The summed E-state index contributed by atoms with van der Waals surface area (Å²) >= 11 is 0. The number of benzene rings is 1. The first-order chi connectivity index (χ1) is 16.9. The number of rotatable bonds is 8. The van der Waals surface area contributed by atoms with Gasteiger partial charge in [0.25, 0.3) is 5.91 Å². The van der Waals surface area contributed by atoms with E-state index in [1.54, 1.807) is 0 Å². The van der Waals surface area contributed by atoms with Crippen LogP contribution in [0.3, 0.4) is 0 Å². The van der Waals surface area contributed by atoms with E-state index in [-0.39, 0.29) is 35.8 Å². The minimum Gasteiger partial charge on any atom is -0.493 e. The Kier molecular flexibility index (Phi) is 9.42. The fourth-order valence-corrected chi connectivity index (χ4v) is 3.77. The highest BCUT2D eigenvalue weighted by molar-refractivity contribution is 5.98. The van der Waals surface area contributed by atoms with Gasteiger partial charge in [-0.2, -0.15) is 0 Å². The van der Waals surface area contributed by atoms with Gasteiger partial charge in [0.1, 0.15) is 0 Å². The summed E-state index contributed by atoms with van der Waals surface area (Å²) in [6.07, 6.45) is 2.43. The van der Waals surface area contributed by atoms with Crippen LogP contribution < -0.4 is 14.8 Å². The standard InChI is InChI=1S/C25H30N2O8/c1-16-11-19(12-18-7-5-4-6-8-18)13-32-14-20(25(30)35-16)27-24(29)22-23(34-15-33-17(2)28)21(31-3)9-10-26-22/h4-10,16,19-20H,11-15H2,1-3H3,(H,27,29)/t16?,19?,20-/m0/s1. The van der Waals surface area contributed by atoms with Crippen LogP contribution in [0, 0.1) is 5.92 Å². The van der Waals surface area contributed by atoms with Crippen LogP contribution in [0.15, 0.2) is 42.6 Å². The summed E-state index contributed by atoms with van der Waals surface area (Å²) in [6, 6.07) is 10.5. The number of hydrogen-bond acceptors (Lipinski definition) is 9. The molecule has 0 spiro atoms. The molecule has 1 fully saturated rings. The molecule has 3 atom stereocenters. The van der Waals surface area contributed by atoms with Crippen molar-refractivity contribution in [2.75, 3.05) is 27.1 Å². The molecular formula is C25H30N2O8. The van der Waals surface area contributed by atoms with Crippen LogP contribution in [-0.4, -0.2) is 62.1 Å². The number of aromatic nitrogens is 1. The van der Waals surface area contributed by atoms with E-state index in [9.17, 15) is 14.4 Å². The van der Waals surface area contributed by atoms with E-state index >= 15 is 0 Å². The van der Waals surface area contributed by atoms with E-state index in [0.29, 0.717) is 13.0 Å². The average Bonchev–Trinajstić information content (AvgIpc) is 2.88. The van der Waals surface area contributed by atoms with Crippen LogP contribution in [0.25, 0.3) is 0 Å². The van der Waals surface area contributed by atoms with Crippen LogP contribution >= 0.6 is 0 Å². The maximum atomic E-state index is 13.0. The van der Waals surface area contributed by atoms with Gasteiger partial charge in [-0.3, -0.25) is 9.59 Å². The van der Waals surface area contributed by atoms with Crippen molar-refractivity contribution in [3.63, 3.8) is 0 Å². The zero-order valence-electron chi connectivity index (χ0n) is 20.0. The van der Waals surface area contributed by atoms with Crippen molar-refractivity contribution in [3.8, 4) is 11.5 Å². The normalized spacial score (nSPS) is 20.4. The van der Waals surface area contributed by atoms with E-state index in [1.165, 1.54) is 31.9 Å². The van der Waals surface area contributed by atoms with Gasteiger partial charge in [-0.1, -0.05) is 30.3 Å². The Morgan fingerprint density at radius 3 is 2.66 bits per heavy atom. The van der Waals surface area contributed by atoms with Crippen molar-refractivity contribution in [1.29, 1.82) is 0 Å². The van der Waals surface area contributed by atoms with Crippen molar-refractivity contribution < 1.29 is 38.1 Å². The third kappa shape index (κ3) is 7.68. The zero-order valence-corrected chi connectivity index (χ0v) is 20.0. The molecule has 10 heteroatoms. The molecule has 188 valence electrons. The smallest absolute Gasteiger partial charge is 0.331 e. The molecule has 1 N–H and O–H groups in total. The topological polar surface area (TPSA) is 122 Å². The van der Waals surface area contributed by atoms with Gasteiger partial charge in [0.2, 0.25) is 6.79 Å². The van der Waals surface area contributed by atoms with Gasteiger partial charge < -0.3 is 29.0 Å². The summed E-state index contributed by atoms with van der Waals surface area (Å²) < 4.78 is 26.8. The van der Waals surface area contributed by atoms with E-state index < -0.39 is 30.7 Å². The van der Waals surface area contributed by atoms with Gasteiger partial charge in [0, 0.05) is 25.8 Å². The molecule has 0 radical (unpaired) electrons. The van der Waals surface area contributed by atoms with Crippen LogP contribution in [0.4, 0.5) is 0 Å². The number of cyclic esters (lactones) is 1. The van der Waals surface area contributed by atoms with Gasteiger partial charge in [-0.05, 0) is 31.2 Å². The summed E-state index contributed by atoms with van der Waals surface area (Å²) in [4.78, 5) is 40.9. The first-order valence-electron chi connectivity index (χ1n) is 11.3. The molecule has 0 aliphatic carbocycles. The average molecular weight is 487 g/mol. The fourth-order valence-electron chi connectivity index (χ4n) is 3.77. The Morgan fingerprint density at radius 2 is 1.94 bits per heavy atom. The van der Waals surface area contributed by atoms with Gasteiger partial charge in [0.05, 0.1) is 19.8 Å². The molecule has 3 rings (SSSR count). The lowest BCUT2D eigenvalue weighted by atomic mass is 9.95. The number of methoxy groups -OCH3 is 1. The van der Waals surface area contributed by atoms with Gasteiger partial charge in [-0.25, -0.2) is 9.78 Å². The number of nitrogens with one attached hydrogen (secondary N) is 1. The van der Waals surface area contributed by atoms with Crippen molar-refractivity contribution in [1.82, 2.24) is 10.3 Å². The Hall–Kier alpha value is -3.66. The summed E-state index contributed by atoms with van der Waals surface area (Å²) in [7, 11) is 1.40. The van der Waals surface area contributed by atoms with Crippen LogP contribution in [0.5, 0.6) is 11.5 Å². The number of pyridine rings is 1. The summed E-state index contributed by atoms with van der Waals surface area (Å²) in [5.74, 6) is -1.51. The number of carbonyl (C=O) groups excluding carboxylic acids is 3. The molecule has 0 bridgehead atoms. The molecule has 0 saturated carbocycles. The third-order valence-corrected chi connectivity index (χ3v) is 5.35. The first-order valence-corrected chi connectivity index (χ1v) is 11.3. The number of ether oxygens (including phenoxy) is 5. The molecule has 10 nitrogen and oxygen atoms in total. The van der Waals surface area contributed by atoms with E-state index in [4.69, 9.17) is 23.7 Å². The lowest BCUT2D eigenvalue weighted by Crippen LogP contribution is -2.45.